The minimum Gasteiger partial charge on any atom is -0.462 e. The molecular weight excluding hydrogens is 236 g/mol. The molecule has 0 radical (unpaired) electrons. The highest BCUT2D eigenvalue weighted by atomic mass is 35.5. The van der Waals surface area contributed by atoms with Crippen LogP contribution in [0.1, 0.15) is 21.5 Å². The summed E-state index contributed by atoms with van der Waals surface area (Å²) in [6.45, 7) is 2.56. The van der Waals surface area contributed by atoms with Crippen LogP contribution in [-0.2, 0) is 4.74 Å². The molecule has 0 bridgehead atoms. The van der Waals surface area contributed by atoms with E-state index in [1.807, 2.05) is 0 Å². The van der Waals surface area contributed by atoms with Crippen molar-refractivity contribution < 1.29 is 9.53 Å². The van der Waals surface area contributed by atoms with Crippen molar-refractivity contribution in [2.75, 3.05) is 17.7 Å². The van der Waals surface area contributed by atoms with Crippen molar-refractivity contribution in [3.63, 3.8) is 0 Å². The fourth-order valence-electron chi connectivity index (χ4n) is 1.25. The molecule has 0 atom stereocenters. The first-order chi connectivity index (χ1) is 7.22. The Morgan fingerprint density at radius 1 is 1.80 bits per heavy atom. The van der Waals surface area contributed by atoms with Gasteiger partial charge >= 0.3 is 5.97 Å². The summed E-state index contributed by atoms with van der Waals surface area (Å²) >= 11 is 7.25. The van der Waals surface area contributed by atoms with Gasteiger partial charge in [0.25, 0.3) is 0 Å². The molecule has 2 heterocycles. The van der Waals surface area contributed by atoms with E-state index < -0.39 is 0 Å². The number of carbonyl (C=O) groups is 1. The quantitative estimate of drug-likeness (QED) is 0.592. The third kappa shape index (κ3) is 1.98. The fourth-order valence-corrected chi connectivity index (χ4v) is 2.45. The smallest absolute Gasteiger partial charge is 0.348 e. The molecule has 4 nitrogen and oxygen atoms in total. The molecule has 15 heavy (non-hydrogen) atoms. The Morgan fingerprint density at radius 3 is 3.27 bits per heavy atom. The first-order valence-electron chi connectivity index (χ1n) is 4.46. The highest BCUT2D eigenvalue weighted by Gasteiger charge is 2.19. The summed E-state index contributed by atoms with van der Waals surface area (Å²) in [5.41, 5.74) is 0.819. The van der Waals surface area contributed by atoms with Crippen molar-refractivity contribution in [2.45, 2.75) is 6.92 Å². The molecule has 80 valence electrons. The second kappa shape index (κ2) is 4.20. The number of halogens is 1. The van der Waals surface area contributed by atoms with Gasteiger partial charge in [0, 0.05) is 18.0 Å². The monoisotopic (exact) mass is 244 g/mol. The number of thiophene rings is 1. The van der Waals surface area contributed by atoms with Crippen LogP contribution >= 0.6 is 23.1 Å². The van der Waals surface area contributed by atoms with Gasteiger partial charge in [-0.1, -0.05) is 0 Å². The topological polar surface area (TPSA) is 41.9 Å². The van der Waals surface area contributed by atoms with Crippen LogP contribution in [0.15, 0.2) is 11.1 Å². The zero-order valence-corrected chi connectivity index (χ0v) is 9.64. The normalized spacial score (nSPS) is 13.9. The summed E-state index contributed by atoms with van der Waals surface area (Å²) in [6, 6.07) is 1.73. The number of esters is 1. The second-order valence-corrected chi connectivity index (χ2v) is 4.39. The molecular formula is C9H9ClN2O2S. The van der Waals surface area contributed by atoms with Gasteiger partial charge in [-0.15, -0.1) is 11.3 Å². The Morgan fingerprint density at radius 2 is 2.60 bits per heavy atom. The molecule has 0 spiro atoms. The van der Waals surface area contributed by atoms with Gasteiger partial charge in [-0.25, -0.2) is 4.79 Å². The average molecular weight is 245 g/mol. The van der Waals surface area contributed by atoms with Gasteiger partial charge in [-0.05, 0) is 13.0 Å². The van der Waals surface area contributed by atoms with Gasteiger partial charge in [0.15, 0.2) is 0 Å². The average Bonchev–Trinajstić information content (AvgIpc) is 2.63. The standard InChI is InChI=1S/C9H9ClN2O2S/c1-2-14-9(13)7-3-6-8(15-7)4-11-5-12(6)10/h3-4H,2,5H2,1H3. The molecule has 0 saturated heterocycles. The van der Waals surface area contributed by atoms with Gasteiger partial charge in [0.1, 0.15) is 11.5 Å². The lowest BCUT2D eigenvalue weighted by atomic mass is 10.3. The van der Waals surface area contributed by atoms with Gasteiger partial charge in [-0.3, -0.25) is 9.41 Å². The van der Waals surface area contributed by atoms with E-state index in [-0.39, 0.29) is 5.97 Å². The van der Waals surface area contributed by atoms with E-state index in [0.29, 0.717) is 18.2 Å². The van der Waals surface area contributed by atoms with Gasteiger partial charge in [0.2, 0.25) is 0 Å². The van der Waals surface area contributed by atoms with E-state index in [0.717, 1.165) is 10.6 Å². The van der Waals surface area contributed by atoms with Crippen LogP contribution in [0, 0.1) is 0 Å². The first kappa shape index (κ1) is 10.4. The van der Waals surface area contributed by atoms with Crippen LogP contribution in [0.3, 0.4) is 0 Å². The maximum atomic E-state index is 11.5. The molecule has 6 heteroatoms. The number of anilines is 1. The number of carbonyl (C=O) groups excluding carboxylic acids is 1. The van der Waals surface area contributed by atoms with E-state index in [1.165, 1.54) is 15.8 Å². The van der Waals surface area contributed by atoms with Crippen LogP contribution in [0.25, 0.3) is 0 Å². The number of nitrogens with zero attached hydrogens (tertiary/aromatic N) is 2. The maximum absolute atomic E-state index is 11.5. The number of aliphatic imine (C=N–C) groups is 1. The molecule has 0 saturated carbocycles. The number of hydrogen-bond donors (Lipinski definition) is 0. The number of hydrogen-bond acceptors (Lipinski definition) is 5. The van der Waals surface area contributed by atoms with Crippen molar-refractivity contribution >= 4 is 41.0 Å². The highest BCUT2D eigenvalue weighted by Crippen LogP contribution is 2.32. The maximum Gasteiger partial charge on any atom is 0.348 e. The third-order valence-electron chi connectivity index (χ3n) is 1.89. The third-order valence-corrected chi connectivity index (χ3v) is 3.22. The van der Waals surface area contributed by atoms with Crippen LogP contribution in [0.4, 0.5) is 5.69 Å². The Hall–Kier alpha value is -1.07. The highest BCUT2D eigenvalue weighted by molar-refractivity contribution is 7.16. The molecule has 0 aromatic carbocycles. The van der Waals surface area contributed by atoms with Crippen molar-refractivity contribution in [2.24, 2.45) is 4.99 Å². The molecule has 1 aliphatic heterocycles. The Balaban J connectivity index is 2.30. The summed E-state index contributed by atoms with van der Waals surface area (Å²) in [5.74, 6) is -0.310. The van der Waals surface area contributed by atoms with Gasteiger partial charge in [0.05, 0.1) is 17.2 Å². The molecule has 0 N–H and O–H groups in total. The van der Waals surface area contributed by atoms with Crippen LogP contribution in [0.2, 0.25) is 0 Å². The molecule has 0 unspecified atom stereocenters. The van der Waals surface area contributed by atoms with Crippen molar-refractivity contribution in [1.29, 1.82) is 0 Å². The molecule has 1 aliphatic rings. The van der Waals surface area contributed by atoms with E-state index >= 15 is 0 Å². The Labute approximate surface area is 96.2 Å². The zero-order chi connectivity index (χ0) is 10.8. The van der Waals surface area contributed by atoms with E-state index in [4.69, 9.17) is 16.5 Å². The summed E-state index contributed by atoms with van der Waals surface area (Å²) in [6.07, 6.45) is 1.72. The molecule has 0 fully saturated rings. The molecule has 2 rings (SSSR count). The largest absolute Gasteiger partial charge is 0.462 e. The van der Waals surface area contributed by atoms with E-state index in [2.05, 4.69) is 4.99 Å². The van der Waals surface area contributed by atoms with Gasteiger partial charge in [-0.2, -0.15) is 0 Å². The summed E-state index contributed by atoms with van der Waals surface area (Å²) in [7, 11) is 0. The lowest BCUT2D eigenvalue weighted by Gasteiger charge is -2.15. The van der Waals surface area contributed by atoms with Crippen LogP contribution in [0.5, 0.6) is 0 Å². The number of fused-ring (bicyclic) bond motifs is 1. The predicted octanol–water partition coefficient (Wildman–Crippen LogP) is 2.28. The number of ether oxygens (including phenoxy) is 1. The molecule has 1 aromatic heterocycles. The first-order valence-corrected chi connectivity index (χ1v) is 5.62. The van der Waals surface area contributed by atoms with Crippen molar-refractivity contribution in [3.05, 3.63) is 15.8 Å². The molecule has 1 aromatic rings. The van der Waals surface area contributed by atoms with E-state index in [9.17, 15) is 4.79 Å². The zero-order valence-electron chi connectivity index (χ0n) is 8.07. The molecule has 0 aliphatic carbocycles. The molecule has 0 amide bonds. The fraction of sp³-hybridized carbons (Fsp3) is 0.333. The summed E-state index contributed by atoms with van der Waals surface area (Å²) < 4.78 is 6.39. The Bertz CT molecular complexity index is 416. The van der Waals surface area contributed by atoms with Gasteiger partial charge < -0.3 is 4.74 Å². The van der Waals surface area contributed by atoms with Crippen molar-refractivity contribution in [1.82, 2.24) is 0 Å². The second-order valence-electron chi connectivity index (χ2n) is 2.90. The lowest BCUT2D eigenvalue weighted by molar-refractivity contribution is 0.0532. The number of rotatable bonds is 2. The Kier molecular flexibility index (Phi) is 2.93. The lowest BCUT2D eigenvalue weighted by Crippen LogP contribution is -2.14. The minimum atomic E-state index is -0.310. The van der Waals surface area contributed by atoms with E-state index in [1.54, 1.807) is 19.2 Å². The van der Waals surface area contributed by atoms with Crippen LogP contribution in [-0.4, -0.2) is 25.5 Å². The summed E-state index contributed by atoms with van der Waals surface area (Å²) in [5, 5.41) is 0. The van der Waals surface area contributed by atoms with Crippen molar-refractivity contribution in [3.8, 4) is 0 Å². The minimum absolute atomic E-state index is 0.310. The SMILES string of the molecule is CCOC(=O)c1cc2c(s1)C=NCN2Cl. The van der Waals surface area contributed by atoms with Crippen LogP contribution < -0.4 is 4.42 Å². The summed E-state index contributed by atoms with van der Waals surface area (Å²) in [4.78, 5) is 16.9. The predicted molar refractivity (Wildman–Crippen MR) is 61.1 cm³/mol.